The first-order valence-electron chi connectivity index (χ1n) is 8.00. The third-order valence-electron chi connectivity index (χ3n) is 4.10. The summed E-state index contributed by atoms with van der Waals surface area (Å²) in [6, 6.07) is 2.16. The summed E-state index contributed by atoms with van der Waals surface area (Å²) in [6.07, 6.45) is 4.50. The summed E-state index contributed by atoms with van der Waals surface area (Å²) in [4.78, 5) is 17.8. The van der Waals surface area contributed by atoms with E-state index in [1.165, 1.54) is 13.3 Å². The van der Waals surface area contributed by atoms with Gasteiger partial charge in [0.1, 0.15) is 5.76 Å². The van der Waals surface area contributed by atoms with Gasteiger partial charge >= 0.3 is 0 Å². The smallest absolute Gasteiger partial charge is 0.222 e. The van der Waals surface area contributed by atoms with E-state index in [1.807, 2.05) is 16.9 Å². The number of nitrogens with zero attached hydrogens (tertiary/aromatic N) is 4. The van der Waals surface area contributed by atoms with E-state index in [4.69, 9.17) is 4.42 Å². The summed E-state index contributed by atoms with van der Waals surface area (Å²) in [5, 5.41) is 7.14. The minimum atomic E-state index is -0.101. The molecule has 1 saturated heterocycles. The van der Waals surface area contributed by atoms with Crippen molar-refractivity contribution in [2.75, 3.05) is 18.4 Å². The maximum atomic E-state index is 11.1. The highest BCUT2D eigenvalue weighted by atomic mass is 16.3. The lowest BCUT2D eigenvalue weighted by atomic mass is 10.1. The van der Waals surface area contributed by atoms with Crippen molar-refractivity contribution in [1.82, 2.24) is 19.7 Å². The monoisotopic (exact) mass is 317 g/mol. The molecule has 0 saturated carbocycles. The molecule has 1 amide bonds. The summed E-state index contributed by atoms with van der Waals surface area (Å²) in [5.41, 5.74) is 1.03. The second kappa shape index (κ2) is 6.54. The van der Waals surface area contributed by atoms with Crippen LogP contribution in [0.3, 0.4) is 0 Å². The fraction of sp³-hybridized carbons (Fsp3) is 0.562. The maximum Gasteiger partial charge on any atom is 0.222 e. The van der Waals surface area contributed by atoms with Gasteiger partial charge in [0.2, 0.25) is 5.91 Å². The fourth-order valence-corrected chi connectivity index (χ4v) is 3.04. The Morgan fingerprint density at radius 3 is 3.09 bits per heavy atom. The molecule has 7 nitrogen and oxygen atoms in total. The maximum absolute atomic E-state index is 11.1. The number of hydrogen-bond acceptors (Lipinski definition) is 5. The zero-order valence-electron chi connectivity index (χ0n) is 13.8. The van der Waals surface area contributed by atoms with Gasteiger partial charge in [0.25, 0.3) is 0 Å². The average Bonchev–Trinajstić information content (AvgIpc) is 3.18. The average molecular weight is 317 g/mol. The van der Waals surface area contributed by atoms with Gasteiger partial charge in [-0.1, -0.05) is 13.8 Å². The van der Waals surface area contributed by atoms with Crippen LogP contribution in [0.25, 0.3) is 0 Å². The predicted octanol–water partition coefficient (Wildman–Crippen LogP) is 2.40. The number of anilines is 1. The van der Waals surface area contributed by atoms with Crippen LogP contribution in [-0.4, -0.2) is 38.7 Å². The molecule has 3 heterocycles. The van der Waals surface area contributed by atoms with Crippen LogP contribution >= 0.6 is 0 Å². The molecule has 1 N–H and O–H groups in total. The van der Waals surface area contributed by atoms with E-state index in [-0.39, 0.29) is 5.91 Å². The molecule has 0 bridgehead atoms. The Morgan fingerprint density at radius 1 is 1.52 bits per heavy atom. The van der Waals surface area contributed by atoms with E-state index in [2.05, 4.69) is 34.1 Å². The molecule has 2 aromatic rings. The van der Waals surface area contributed by atoms with E-state index < -0.39 is 0 Å². The van der Waals surface area contributed by atoms with Gasteiger partial charge in [0, 0.05) is 44.7 Å². The number of likely N-dealkylation sites (tertiary alicyclic amines) is 1. The fourth-order valence-electron chi connectivity index (χ4n) is 3.04. The molecule has 0 unspecified atom stereocenters. The van der Waals surface area contributed by atoms with Crippen LogP contribution in [-0.2, 0) is 11.3 Å². The van der Waals surface area contributed by atoms with Crippen molar-refractivity contribution < 1.29 is 9.21 Å². The van der Waals surface area contributed by atoms with Gasteiger partial charge in [-0.15, -0.1) is 0 Å². The summed E-state index contributed by atoms with van der Waals surface area (Å²) in [7, 11) is 0. The van der Waals surface area contributed by atoms with Crippen molar-refractivity contribution in [3.8, 4) is 0 Å². The second-order valence-electron chi connectivity index (χ2n) is 6.36. The largest absolute Gasteiger partial charge is 0.448 e. The number of nitrogens with one attached hydrogen (secondary N) is 1. The molecule has 0 aromatic carbocycles. The Hall–Kier alpha value is -2.15. The molecular formula is C16H23N5O2. The third-order valence-corrected chi connectivity index (χ3v) is 4.10. The first-order chi connectivity index (χ1) is 11.0. The molecule has 7 heteroatoms. The number of carbonyl (C=O) groups excluding carboxylic acids is 1. The Labute approximate surface area is 135 Å². The van der Waals surface area contributed by atoms with Crippen LogP contribution in [0.1, 0.15) is 50.6 Å². The highest BCUT2D eigenvalue weighted by molar-refractivity contribution is 5.87. The Bertz CT molecular complexity index is 676. The lowest BCUT2D eigenvalue weighted by Gasteiger charge is -2.16. The zero-order chi connectivity index (χ0) is 16.4. The molecule has 124 valence electrons. The number of hydrogen-bond donors (Lipinski definition) is 1. The van der Waals surface area contributed by atoms with Gasteiger partial charge < -0.3 is 9.73 Å². The van der Waals surface area contributed by atoms with Crippen LogP contribution in [0, 0.1) is 0 Å². The first-order valence-corrected chi connectivity index (χ1v) is 8.00. The molecule has 0 spiro atoms. The number of carbonyl (C=O) groups is 1. The molecule has 0 radical (unpaired) electrons. The van der Waals surface area contributed by atoms with Crippen LogP contribution in [0.15, 0.2) is 23.1 Å². The molecule has 0 aliphatic carbocycles. The summed E-state index contributed by atoms with van der Waals surface area (Å²) in [5.74, 6) is 1.82. The SMILES string of the molecule is CC(=O)Nc1ccn([C@H]2CCN(Cc3ncoc3C(C)C)C2)n1. The summed E-state index contributed by atoms with van der Waals surface area (Å²) < 4.78 is 7.43. The number of amides is 1. The topological polar surface area (TPSA) is 76.2 Å². The molecule has 1 aliphatic heterocycles. The Morgan fingerprint density at radius 2 is 2.35 bits per heavy atom. The van der Waals surface area contributed by atoms with Crippen molar-refractivity contribution >= 4 is 11.7 Å². The van der Waals surface area contributed by atoms with E-state index in [9.17, 15) is 4.79 Å². The van der Waals surface area contributed by atoms with Crippen molar-refractivity contribution in [1.29, 1.82) is 0 Å². The van der Waals surface area contributed by atoms with E-state index in [1.54, 1.807) is 0 Å². The van der Waals surface area contributed by atoms with Crippen LogP contribution < -0.4 is 5.32 Å². The second-order valence-corrected chi connectivity index (χ2v) is 6.36. The van der Waals surface area contributed by atoms with Gasteiger partial charge in [-0.25, -0.2) is 4.98 Å². The molecular weight excluding hydrogens is 294 g/mol. The van der Waals surface area contributed by atoms with E-state index >= 15 is 0 Å². The molecule has 1 atom stereocenters. The van der Waals surface area contributed by atoms with E-state index in [0.29, 0.717) is 17.8 Å². The Kier molecular flexibility index (Phi) is 4.47. The molecule has 23 heavy (non-hydrogen) atoms. The minimum absolute atomic E-state index is 0.101. The molecule has 3 rings (SSSR count). The zero-order valence-corrected chi connectivity index (χ0v) is 13.8. The summed E-state index contributed by atoms with van der Waals surface area (Å²) >= 11 is 0. The van der Waals surface area contributed by atoms with E-state index in [0.717, 1.165) is 37.5 Å². The quantitative estimate of drug-likeness (QED) is 0.916. The molecule has 1 aliphatic rings. The number of rotatable bonds is 5. The van der Waals surface area contributed by atoms with Gasteiger partial charge in [-0.3, -0.25) is 14.4 Å². The highest BCUT2D eigenvalue weighted by Crippen LogP contribution is 2.25. The first kappa shape index (κ1) is 15.7. The van der Waals surface area contributed by atoms with Crippen LogP contribution in [0.4, 0.5) is 5.82 Å². The number of oxazole rings is 1. The third kappa shape index (κ3) is 3.61. The lowest BCUT2D eigenvalue weighted by molar-refractivity contribution is -0.114. The number of aromatic nitrogens is 3. The lowest BCUT2D eigenvalue weighted by Crippen LogP contribution is -2.22. The molecule has 1 fully saturated rings. The van der Waals surface area contributed by atoms with Gasteiger partial charge in [0.15, 0.2) is 12.2 Å². The van der Waals surface area contributed by atoms with Crippen molar-refractivity contribution in [3.63, 3.8) is 0 Å². The summed E-state index contributed by atoms with van der Waals surface area (Å²) in [6.45, 7) is 8.45. The van der Waals surface area contributed by atoms with Crippen molar-refractivity contribution in [3.05, 3.63) is 30.1 Å². The van der Waals surface area contributed by atoms with Crippen molar-refractivity contribution in [2.24, 2.45) is 0 Å². The van der Waals surface area contributed by atoms with Gasteiger partial charge in [-0.05, 0) is 6.42 Å². The predicted molar refractivity (Wildman–Crippen MR) is 86.1 cm³/mol. The Balaban J connectivity index is 1.61. The normalized spacial score (nSPS) is 18.7. The minimum Gasteiger partial charge on any atom is -0.448 e. The molecule has 2 aromatic heterocycles. The van der Waals surface area contributed by atoms with Crippen molar-refractivity contribution in [2.45, 2.75) is 45.7 Å². The standard InChI is InChI=1S/C16H23N5O2/c1-11(2)16-14(17-10-23-16)9-20-6-4-13(8-20)21-7-5-15(19-21)18-12(3)22/h5,7,10-11,13H,4,6,8-9H2,1-3H3,(H,18,19,22)/t13-/m0/s1. The van der Waals surface area contributed by atoms with Gasteiger partial charge in [0.05, 0.1) is 11.7 Å². The van der Waals surface area contributed by atoms with Crippen LogP contribution in [0.2, 0.25) is 0 Å². The highest BCUT2D eigenvalue weighted by Gasteiger charge is 2.26. The van der Waals surface area contributed by atoms with Crippen LogP contribution in [0.5, 0.6) is 0 Å². The van der Waals surface area contributed by atoms with Gasteiger partial charge in [-0.2, -0.15) is 5.10 Å².